The summed E-state index contributed by atoms with van der Waals surface area (Å²) in [5.74, 6) is 0. The highest BCUT2D eigenvalue weighted by atomic mass is 127. The van der Waals surface area contributed by atoms with Gasteiger partial charge in [0.05, 0.1) is 0 Å². The van der Waals surface area contributed by atoms with E-state index in [0.717, 1.165) is 15.5 Å². The minimum Gasteiger partial charge on any atom is -0.243 e. The van der Waals surface area contributed by atoms with E-state index in [4.69, 9.17) is 0 Å². The summed E-state index contributed by atoms with van der Waals surface area (Å²) in [6.45, 7) is 0. The Balaban J connectivity index is 2.67. The van der Waals surface area contributed by atoms with Gasteiger partial charge in [-0.25, -0.2) is 4.63 Å². The van der Waals surface area contributed by atoms with Gasteiger partial charge in [0.15, 0.2) is 0 Å². The molecular formula is C7H5IN2O. The van der Waals surface area contributed by atoms with Gasteiger partial charge in [-0.05, 0) is 28.0 Å². The van der Waals surface area contributed by atoms with E-state index in [1.165, 1.54) is 5.56 Å². The molecule has 0 aliphatic carbocycles. The smallest absolute Gasteiger partial charge is 0.135 e. The molecule has 4 heteroatoms. The predicted molar refractivity (Wildman–Crippen MR) is 49.5 cm³/mol. The fraction of sp³-hybridized carbons (Fsp3) is 0.143. The first-order valence-corrected chi connectivity index (χ1v) is 4.70. The zero-order valence-electron chi connectivity index (χ0n) is 5.62. The van der Waals surface area contributed by atoms with Crippen LogP contribution in [-0.4, -0.2) is 10.3 Å². The van der Waals surface area contributed by atoms with Crippen molar-refractivity contribution in [2.75, 3.05) is 0 Å². The standard InChI is InChI=1S/C7H5IN2O/c8-4-5-1-2-6-7(3-5)10-11-9-6/h1-3H,4H2. The molecule has 1 heterocycles. The first-order valence-electron chi connectivity index (χ1n) is 3.17. The van der Waals surface area contributed by atoms with Gasteiger partial charge in [-0.1, -0.05) is 28.7 Å². The van der Waals surface area contributed by atoms with Gasteiger partial charge in [0.1, 0.15) is 11.0 Å². The molecule has 0 unspecified atom stereocenters. The van der Waals surface area contributed by atoms with Crippen LogP contribution in [0.25, 0.3) is 11.0 Å². The molecule has 0 fully saturated rings. The zero-order valence-corrected chi connectivity index (χ0v) is 7.78. The lowest BCUT2D eigenvalue weighted by atomic mass is 10.2. The van der Waals surface area contributed by atoms with Crippen LogP contribution < -0.4 is 0 Å². The summed E-state index contributed by atoms with van der Waals surface area (Å²) in [7, 11) is 0. The molecule has 0 saturated carbocycles. The first kappa shape index (κ1) is 7.02. The Morgan fingerprint density at radius 1 is 1.27 bits per heavy atom. The van der Waals surface area contributed by atoms with Crippen LogP contribution in [0.15, 0.2) is 22.8 Å². The van der Waals surface area contributed by atoms with E-state index < -0.39 is 0 Å². The Morgan fingerprint density at radius 2 is 2.09 bits per heavy atom. The van der Waals surface area contributed by atoms with E-state index in [1.54, 1.807) is 0 Å². The van der Waals surface area contributed by atoms with Crippen molar-refractivity contribution >= 4 is 33.6 Å². The highest BCUT2D eigenvalue weighted by Gasteiger charge is 1.99. The van der Waals surface area contributed by atoms with Crippen LogP contribution in [0.1, 0.15) is 5.56 Å². The molecule has 2 aromatic rings. The van der Waals surface area contributed by atoms with Gasteiger partial charge >= 0.3 is 0 Å². The topological polar surface area (TPSA) is 38.9 Å². The highest BCUT2D eigenvalue weighted by molar-refractivity contribution is 14.1. The van der Waals surface area contributed by atoms with E-state index in [1.807, 2.05) is 18.2 Å². The Hall–Kier alpha value is -0.650. The maximum absolute atomic E-state index is 4.56. The summed E-state index contributed by atoms with van der Waals surface area (Å²) in [4.78, 5) is 0. The molecule has 0 amide bonds. The third kappa shape index (κ3) is 1.22. The molecular weight excluding hydrogens is 255 g/mol. The summed E-state index contributed by atoms with van der Waals surface area (Å²) in [6, 6.07) is 5.93. The van der Waals surface area contributed by atoms with Gasteiger partial charge in [-0.2, -0.15) is 0 Å². The molecule has 1 aromatic heterocycles. The van der Waals surface area contributed by atoms with E-state index >= 15 is 0 Å². The molecule has 0 aliphatic rings. The number of aromatic nitrogens is 2. The lowest BCUT2D eigenvalue weighted by Gasteiger charge is -1.90. The van der Waals surface area contributed by atoms with Crippen molar-refractivity contribution in [3.63, 3.8) is 0 Å². The third-order valence-electron chi connectivity index (χ3n) is 1.47. The van der Waals surface area contributed by atoms with Crippen LogP contribution in [0.3, 0.4) is 0 Å². The lowest BCUT2D eigenvalue weighted by Crippen LogP contribution is -1.76. The Labute approximate surface area is 76.9 Å². The molecule has 2 rings (SSSR count). The van der Waals surface area contributed by atoms with Crippen LogP contribution in [0.5, 0.6) is 0 Å². The molecule has 0 bridgehead atoms. The average Bonchev–Trinajstić information content (AvgIpc) is 2.50. The second-order valence-electron chi connectivity index (χ2n) is 2.22. The average molecular weight is 260 g/mol. The van der Waals surface area contributed by atoms with Crippen molar-refractivity contribution in [3.05, 3.63) is 23.8 Å². The summed E-state index contributed by atoms with van der Waals surface area (Å²) in [6.07, 6.45) is 0. The number of nitrogens with zero attached hydrogens (tertiary/aromatic N) is 2. The van der Waals surface area contributed by atoms with Crippen molar-refractivity contribution in [1.82, 2.24) is 10.3 Å². The van der Waals surface area contributed by atoms with Gasteiger partial charge < -0.3 is 0 Å². The van der Waals surface area contributed by atoms with Gasteiger partial charge in [0, 0.05) is 4.43 Å². The number of fused-ring (bicyclic) bond motifs is 1. The largest absolute Gasteiger partial charge is 0.243 e. The Morgan fingerprint density at radius 3 is 2.91 bits per heavy atom. The van der Waals surface area contributed by atoms with Crippen LogP contribution >= 0.6 is 22.6 Å². The summed E-state index contributed by atoms with van der Waals surface area (Å²) >= 11 is 2.31. The minimum absolute atomic E-state index is 0.818. The Kier molecular flexibility index (Phi) is 1.77. The second-order valence-corrected chi connectivity index (χ2v) is 2.98. The van der Waals surface area contributed by atoms with Crippen molar-refractivity contribution < 1.29 is 4.63 Å². The number of benzene rings is 1. The van der Waals surface area contributed by atoms with Crippen molar-refractivity contribution in [2.24, 2.45) is 0 Å². The third-order valence-corrected chi connectivity index (χ3v) is 2.35. The molecule has 11 heavy (non-hydrogen) atoms. The summed E-state index contributed by atoms with van der Waals surface area (Å²) in [5, 5.41) is 7.44. The zero-order chi connectivity index (χ0) is 7.68. The van der Waals surface area contributed by atoms with Gasteiger partial charge in [0.25, 0.3) is 0 Å². The van der Waals surface area contributed by atoms with E-state index in [0.29, 0.717) is 0 Å². The van der Waals surface area contributed by atoms with Gasteiger partial charge in [-0.3, -0.25) is 0 Å². The van der Waals surface area contributed by atoms with Crippen LogP contribution in [0, 0.1) is 0 Å². The van der Waals surface area contributed by atoms with Gasteiger partial charge in [-0.15, -0.1) is 0 Å². The quantitative estimate of drug-likeness (QED) is 0.582. The lowest BCUT2D eigenvalue weighted by molar-refractivity contribution is 0.315. The van der Waals surface area contributed by atoms with E-state index in [2.05, 4.69) is 37.5 Å². The van der Waals surface area contributed by atoms with E-state index in [9.17, 15) is 0 Å². The van der Waals surface area contributed by atoms with Gasteiger partial charge in [0.2, 0.25) is 0 Å². The van der Waals surface area contributed by atoms with Crippen LogP contribution in [0.4, 0.5) is 0 Å². The highest BCUT2D eigenvalue weighted by Crippen LogP contribution is 2.13. The maximum Gasteiger partial charge on any atom is 0.135 e. The predicted octanol–water partition coefficient (Wildman–Crippen LogP) is 2.16. The maximum atomic E-state index is 4.56. The molecule has 0 saturated heterocycles. The normalized spacial score (nSPS) is 10.6. The van der Waals surface area contributed by atoms with Crippen molar-refractivity contribution in [1.29, 1.82) is 0 Å². The molecule has 0 N–H and O–H groups in total. The minimum atomic E-state index is 0.818. The van der Waals surface area contributed by atoms with E-state index in [-0.39, 0.29) is 0 Å². The number of halogens is 1. The van der Waals surface area contributed by atoms with Crippen molar-refractivity contribution in [3.8, 4) is 0 Å². The number of hydrogen-bond acceptors (Lipinski definition) is 3. The molecule has 0 aliphatic heterocycles. The summed E-state index contributed by atoms with van der Waals surface area (Å²) in [5.41, 5.74) is 2.89. The molecule has 0 spiro atoms. The van der Waals surface area contributed by atoms with Crippen molar-refractivity contribution in [2.45, 2.75) is 4.43 Å². The second kappa shape index (κ2) is 2.77. The molecule has 56 valence electrons. The molecule has 0 atom stereocenters. The molecule has 3 nitrogen and oxygen atoms in total. The molecule has 0 radical (unpaired) electrons. The fourth-order valence-electron chi connectivity index (χ4n) is 0.911. The fourth-order valence-corrected chi connectivity index (χ4v) is 1.39. The Bertz CT molecular complexity index is 371. The first-order chi connectivity index (χ1) is 5.40. The van der Waals surface area contributed by atoms with Crippen LogP contribution in [-0.2, 0) is 4.43 Å². The summed E-state index contributed by atoms with van der Waals surface area (Å²) < 4.78 is 5.55. The van der Waals surface area contributed by atoms with Crippen LogP contribution in [0.2, 0.25) is 0 Å². The SMILES string of the molecule is ICc1ccc2nonc2c1. The molecule has 1 aromatic carbocycles. The number of hydrogen-bond donors (Lipinski definition) is 0. The number of alkyl halides is 1. The monoisotopic (exact) mass is 260 g/mol. The number of rotatable bonds is 1.